The van der Waals surface area contributed by atoms with Crippen LogP contribution in [0.4, 0.5) is 5.69 Å². The number of rotatable bonds is 10. The molecule has 0 radical (unpaired) electrons. The molecule has 214 valence electrons. The Hall–Kier alpha value is -4.80. The first-order chi connectivity index (χ1) is 19.7. The molecule has 0 saturated carbocycles. The molecule has 1 aliphatic rings. The number of esters is 2. The van der Waals surface area contributed by atoms with Gasteiger partial charge < -0.3 is 18.6 Å². The molecule has 0 aliphatic carbocycles. The lowest BCUT2D eigenvalue weighted by atomic mass is 9.75. The quantitative estimate of drug-likeness (QED) is 0.146. The molecule has 3 aromatic rings. The number of nitro benzene ring substituents is 1. The van der Waals surface area contributed by atoms with E-state index in [0.717, 1.165) is 0 Å². The topological polar surface area (TPSA) is 148 Å². The molecule has 0 saturated heterocycles. The van der Waals surface area contributed by atoms with Gasteiger partial charge in [0, 0.05) is 23.8 Å². The Kier molecular flexibility index (Phi) is 8.96. The van der Waals surface area contributed by atoms with Crippen molar-refractivity contribution in [3.05, 3.63) is 91.5 Å². The van der Waals surface area contributed by atoms with Gasteiger partial charge in [-0.1, -0.05) is 31.2 Å². The lowest BCUT2D eigenvalue weighted by molar-refractivity contribution is -0.384. The maximum atomic E-state index is 13.5. The van der Waals surface area contributed by atoms with Gasteiger partial charge in [0.2, 0.25) is 0 Å². The van der Waals surface area contributed by atoms with Gasteiger partial charge in [-0.05, 0) is 44.9 Å². The molecule has 0 bridgehead atoms. The summed E-state index contributed by atoms with van der Waals surface area (Å²) in [6, 6.07) is 12.6. The molecule has 0 N–H and O–H groups in total. The van der Waals surface area contributed by atoms with Crippen LogP contribution in [0.2, 0.25) is 0 Å². The predicted octanol–water partition coefficient (Wildman–Crippen LogP) is 4.90. The minimum atomic E-state index is -1.05. The molecule has 2 atom stereocenters. The van der Waals surface area contributed by atoms with Crippen molar-refractivity contribution in [3.8, 4) is 5.75 Å². The Morgan fingerprint density at radius 1 is 1.05 bits per heavy atom. The summed E-state index contributed by atoms with van der Waals surface area (Å²) < 4.78 is 22.3. The van der Waals surface area contributed by atoms with Gasteiger partial charge in [0.25, 0.3) is 5.69 Å². The highest BCUT2D eigenvalue weighted by molar-refractivity contribution is 6.07. The Bertz CT molecular complexity index is 1620. The van der Waals surface area contributed by atoms with Crippen LogP contribution < -0.4 is 10.4 Å². The van der Waals surface area contributed by atoms with Crippen molar-refractivity contribution in [3.63, 3.8) is 0 Å². The van der Waals surface area contributed by atoms with E-state index < -0.39 is 34.3 Å². The van der Waals surface area contributed by atoms with Crippen molar-refractivity contribution in [2.45, 2.75) is 40.0 Å². The number of carbonyl (C=O) groups is 2. The Balaban J connectivity index is 1.91. The monoisotopic (exact) mass is 562 g/mol. The van der Waals surface area contributed by atoms with E-state index >= 15 is 0 Å². The summed E-state index contributed by atoms with van der Waals surface area (Å²) in [6.45, 7) is 6.58. The molecule has 2 aromatic carbocycles. The number of fused-ring (bicyclic) bond motifs is 1. The Morgan fingerprint density at radius 3 is 2.46 bits per heavy atom. The number of carbonyl (C=O) groups excluding carboxylic acids is 2. The summed E-state index contributed by atoms with van der Waals surface area (Å²) in [5, 5.41) is 12.2. The van der Waals surface area contributed by atoms with E-state index in [9.17, 15) is 24.5 Å². The van der Waals surface area contributed by atoms with Crippen LogP contribution in [-0.4, -0.2) is 42.4 Å². The number of ether oxygens (including phenoxy) is 3. The minimum absolute atomic E-state index is 0.0151. The molecule has 1 aromatic heterocycles. The number of hydrogen-bond donors (Lipinski definition) is 0. The van der Waals surface area contributed by atoms with E-state index in [4.69, 9.17) is 18.6 Å². The van der Waals surface area contributed by atoms with Crippen molar-refractivity contribution in [2.24, 2.45) is 10.9 Å². The van der Waals surface area contributed by atoms with Gasteiger partial charge in [-0.15, -0.1) is 0 Å². The van der Waals surface area contributed by atoms with Crippen LogP contribution in [0.5, 0.6) is 5.75 Å². The van der Waals surface area contributed by atoms with Crippen LogP contribution in [0.25, 0.3) is 11.0 Å². The first-order valence-corrected chi connectivity index (χ1v) is 13.3. The molecular formula is C30H30N2O9. The number of aliphatic imine (C=N–C) groups is 1. The van der Waals surface area contributed by atoms with Crippen LogP contribution in [-0.2, 0) is 25.5 Å². The second kappa shape index (κ2) is 12.6. The largest absolute Gasteiger partial charge is 0.486 e. The van der Waals surface area contributed by atoms with Gasteiger partial charge in [-0.3, -0.25) is 19.9 Å². The minimum Gasteiger partial charge on any atom is -0.486 e. The molecule has 0 fully saturated rings. The van der Waals surface area contributed by atoms with E-state index in [-0.39, 0.29) is 36.8 Å². The van der Waals surface area contributed by atoms with Crippen LogP contribution >= 0.6 is 0 Å². The molecule has 41 heavy (non-hydrogen) atoms. The maximum absolute atomic E-state index is 13.5. The lowest BCUT2D eigenvalue weighted by Crippen LogP contribution is -2.37. The van der Waals surface area contributed by atoms with E-state index in [1.165, 1.54) is 18.2 Å². The van der Waals surface area contributed by atoms with E-state index in [1.807, 2.05) is 0 Å². The zero-order chi connectivity index (χ0) is 29.7. The second-order valence-corrected chi connectivity index (χ2v) is 9.23. The molecule has 11 heteroatoms. The summed E-state index contributed by atoms with van der Waals surface area (Å²) in [7, 11) is 0. The van der Waals surface area contributed by atoms with Gasteiger partial charge >= 0.3 is 17.6 Å². The molecule has 0 spiro atoms. The molecule has 11 nitrogen and oxygen atoms in total. The van der Waals surface area contributed by atoms with Crippen LogP contribution in [0, 0.1) is 16.0 Å². The summed E-state index contributed by atoms with van der Waals surface area (Å²) in [5.41, 5.74) is 0.760. The third-order valence-corrected chi connectivity index (χ3v) is 6.75. The van der Waals surface area contributed by atoms with Crippen LogP contribution in [0.1, 0.15) is 44.7 Å². The average molecular weight is 563 g/mol. The van der Waals surface area contributed by atoms with E-state index in [0.29, 0.717) is 40.0 Å². The molecular weight excluding hydrogens is 532 g/mol. The molecule has 2 heterocycles. The number of nitro groups is 1. The van der Waals surface area contributed by atoms with E-state index in [2.05, 4.69) is 4.99 Å². The van der Waals surface area contributed by atoms with Crippen molar-refractivity contribution >= 4 is 34.3 Å². The SMILES string of the molecule is CCOC(=O)C1=C(COc2c(CC)c(=O)oc3ccccc23)N=C(C)C(C(=O)OCC)C1c1cccc([N+](=O)[O-])c1. The second-order valence-electron chi connectivity index (χ2n) is 9.23. The fourth-order valence-electron chi connectivity index (χ4n) is 4.99. The number of nitrogens with zero attached hydrogens (tertiary/aromatic N) is 2. The zero-order valence-corrected chi connectivity index (χ0v) is 23.2. The van der Waals surface area contributed by atoms with Gasteiger partial charge in [0.05, 0.1) is 40.4 Å². The van der Waals surface area contributed by atoms with Crippen molar-refractivity contribution in [2.75, 3.05) is 19.8 Å². The first kappa shape index (κ1) is 29.2. The van der Waals surface area contributed by atoms with Gasteiger partial charge in [-0.25, -0.2) is 9.59 Å². The van der Waals surface area contributed by atoms with Gasteiger partial charge in [0.15, 0.2) is 0 Å². The van der Waals surface area contributed by atoms with Gasteiger partial charge in [-0.2, -0.15) is 0 Å². The molecule has 0 amide bonds. The number of benzene rings is 2. The number of para-hydroxylation sites is 1. The van der Waals surface area contributed by atoms with Crippen molar-refractivity contribution in [1.29, 1.82) is 0 Å². The third-order valence-electron chi connectivity index (χ3n) is 6.75. The molecule has 2 unspecified atom stereocenters. The summed E-state index contributed by atoms with van der Waals surface area (Å²) >= 11 is 0. The highest BCUT2D eigenvalue weighted by atomic mass is 16.6. The average Bonchev–Trinajstić information content (AvgIpc) is 2.95. The number of hydrogen-bond acceptors (Lipinski definition) is 10. The summed E-state index contributed by atoms with van der Waals surface area (Å²) in [6.07, 6.45) is 0.329. The van der Waals surface area contributed by atoms with Gasteiger partial charge in [0.1, 0.15) is 23.9 Å². The van der Waals surface area contributed by atoms with Crippen molar-refractivity contribution in [1.82, 2.24) is 0 Å². The zero-order valence-electron chi connectivity index (χ0n) is 23.2. The fourth-order valence-corrected chi connectivity index (χ4v) is 4.99. The smallest absolute Gasteiger partial charge is 0.343 e. The third kappa shape index (κ3) is 5.88. The van der Waals surface area contributed by atoms with Crippen molar-refractivity contribution < 1.29 is 33.1 Å². The highest BCUT2D eigenvalue weighted by Crippen LogP contribution is 2.41. The summed E-state index contributed by atoms with van der Waals surface area (Å²) in [4.78, 5) is 55.0. The number of non-ortho nitro benzene ring substituents is 1. The first-order valence-electron chi connectivity index (χ1n) is 13.3. The fraction of sp³-hybridized carbons (Fsp3) is 0.333. The Labute approximate surface area is 235 Å². The maximum Gasteiger partial charge on any atom is 0.343 e. The summed E-state index contributed by atoms with van der Waals surface area (Å²) in [5.74, 6) is -3.14. The van der Waals surface area contributed by atoms with Crippen LogP contribution in [0.15, 0.2) is 74.0 Å². The molecule has 1 aliphatic heterocycles. The normalized spacial score (nSPS) is 16.7. The highest BCUT2D eigenvalue weighted by Gasteiger charge is 2.43. The molecule has 4 rings (SSSR count). The standard InChI is InChI=1S/C30H30N2O9/c1-5-20-27(21-13-8-9-14-23(21)41-28(20)33)40-16-22-26(30(35)39-7-3)25(18-11-10-12-19(15-18)32(36)37)24(17(4)31-22)29(34)38-6-2/h8-15,24-25H,5-7,16H2,1-4H3. The predicted molar refractivity (Wildman–Crippen MR) is 150 cm³/mol. The Morgan fingerprint density at radius 2 is 1.78 bits per heavy atom. The van der Waals surface area contributed by atoms with E-state index in [1.54, 1.807) is 58.0 Å². The lowest BCUT2D eigenvalue weighted by Gasteiger charge is -2.32. The van der Waals surface area contributed by atoms with Crippen LogP contribution in [0.3, 0.4) is 0 Å².